The Balaban J connectivity index is -0.000000170. The van der Waals surface area contributed by atoms with Crippen molar-refractivity contribution in [2.75, 3.05) is 13.2 Å². The number of unbranched alkanes of at least 4 members (excludes halogenated alkanes) is 2. The predicted octanol–water partition coefficient (Wildman–Crippen LogP) is 0.339. The fourth-order valence-electron chi connectivity index (χ4n) is 1.32. The molecule has 0 saturated carbocycles. The van der Waals surface area contributed by atoms with Gasteiger partial charge in [0, 0.05) is 25.7 Å². The Morgan fingerprint density at radius 3 is 0.594 bits per heavy atom. The molecule has 8 N–H and O–H groups in total. The molecule has 0 aliphatic heterocycles. The van der Waals surface area contributed by atoms with Crippen molar-refractivity contribution < 1.29 is 69.6 Å². The number of hydrogen-bond donors (Lipinski definition) is 8. The van der Waals surface area contributed by atoms with Gasteiger partial charge in [0.15, 0.2) is 0 Å². The van der Waals surface area contributed by atoms with Crippen LogP contribution in [0.1, 0.15) is 64.2 Å². The van der Waals surface area contributed by atoms with Crippen LogP contribution in [-0.4, -0.2) is 89.9 Å². The lowest BCUT2D eigenvalue weighted by Crippen LogP contribution is -2.00. The summed E-state index contributed by atoms with van der Waals surface area (Å²) in [6.45, 7) is -0.250. The molecule has 0 rings (SSSR count). The molecule has 0 aliphatic rings. The van der Waals surface area contributed by atoms with E-state index in [1.165, 1.54) is 0 Å². The first-order chi connectivity index (χ1) is 14.8. The fourth-order valence-corrected chi connectivity index (χ4v) is 1.32. The number of carboxylic acids is 6. The zero-order chi connectivity index (χ0) is 25.9. The zero-order valence-corrected chi connectivity index (χ0v) is 17.5. The average Bonchev–Trinajstić information content (AvgIpc) is 2.67. The Labute approximate surface area is 183 Å². The highest BCUT2D eigenvalue weighted by Gasteiger charge is 2.01. The van der Waals surface area contributed by atoms with Crippen LogP contribution in [0.4, 0.5) is 0 Å². The van der Waals surface area contributed by atoms with Crippen LogP contribution in [-0.2, 0) is 28.8 Å². The predicted molar refractivity (Wildman–Crippen MR) is 106 cm³/mol. The molecule has 0 aromatic heterocycles. The number of carboxylic acid groups (broad SMARTS) is 6. The number of aliphatic hydroxyl groups excluding tert-OH is 2. The van der Waals surface area contributed by atoms with Crippen LogP contribution in [0.25, 0.3) is 0 Å². The quantitative estimate of drug-likeness (QED) is 0.158. The summed E-state index contributed by atoms with van der Waals surface area (Å²) >= 11 is 0. The number of hydrogen-bond acceptors (Lipinski definition) is 8. The van der Waals surface area contributed by atoms with Gasteiger partial charge in [0.2, 0.25) is 0 Å². The standard InChI is InChI=1S/2C6H10O4.C4H6O4.C2H6O2/c2*7-5(8)3-1-2-4-6(9)10;5-3(6)1-2-4(7)8;3-1-2-4/h2*1-4H2,(H,7,8)(H,9,10);1-2H2,(H,5,6)(H,7,8);3-4H,1-2H2. The molecular weight excluding hydrogens is 440 g/mol. The van der Waals surface area contributed by atoms with Gasteiger partial charge >= 0.3 is 35.8 Å². The maximum absolute atomic E-state index is 9.90. The topological polar surface area (TPSA) is 264 Å². The highest BCUT2D eigenvalue weighted by molar-refractivity contribution is 5.75. The summed E-state index contributed by atoms with van der Waals surface area (Å²) in [7, 11) is 0. The van der Waals surface area contributed by atoms with Crippen molar-refractivity contribution in [3.8, 4) is 0 Å². The van der Waals surface area contributed by atoms with E-state index in [0.717, 1.165) is 0 Å². The third-order valence-electron chi connectivity index (χ3n) is 2.72. The second-order valence-electron chi connectivity index (χ2n) is 5.72. The van der Waals surface area contributed by atoms with Crippen LogP contribution >= 0.6 is 0 Å². The van der Waals surface area contributed by atoms with E-state index in [2.05, 4.69) is 0 Å². The molecule has 0 fully saturated rings. The van der Waals surface area contributed by atoms with Gasteiger partial charge in [0.25, 0.3) is 0 Å². The van der Waals surface area contributed by atoms with E-state index in [-0.39, 0.29) is 51.7 Å². The van der Waals surface area contributed by atoms with Gasteiger partial charge in [-0.3, -0.25) is 28.8 Å². The largest absolute Gasteiger partial charge is 0.481 e. The second kappa shape index (κ2) is 27.7. The third kappa shape index (κ3) is 63.2. The Morgan fingerprint density at radius 1 is 0.344 bits per heavy atom. The Kier molecular flexibility index (Phi) is 31.3. The lowest BCUT2D eigenvalue weighted by molar-refractivity contribution is -0.143. The number of aliphatic hydroxyl groups is 2. The Morgan fingerprint density at radius 2 is 0.500 bits per heavy atom. The van der Waals surface area contributed by atoms with Crippen molar-refractivity contribution in [1.29, 1.82) is 0 Å². The van der Waals surface area contributed by atoms with Crippen molar-refractivity contribution in [1.82, 2.24) is 0 Å². The lowest BCUT2D eigenvalue weighted by atomic mass is 10.2. The van der Waals surface area contributed by atoms with Gasteiger partial charge in [0.1, 0.15) is 0 Å². The number of rotatable bonds is 14. The van der Waals surface area contributed by atoms with Gasteiger partial charge < -0.3 is 40.9 Å². The summed E-state index contributed by atoms with van der Waals surface area (Å²) in [6.07, 6.45) is 1.44. The van der Waals surface area contributed by atoms with E-state index in [0.29, 0.717) is 25.7 Å². The van der Waals surface area contributed by atoms with E-state index < -0.39 is 35.8 Å². The molecule has 188 valence electrons. The van der Waals surface area contributed by atoms with Gasteiger partial charge in [-0.2, -0.15) is 0 Å². The molecule has 0 aromatic rings. The lowest BCUT2D eigenvalue weighted by Gasteiger charge is -1.92. The van der Waals surface area contributed by atoms with Crippen molar-refractivity contribution in [2.45, 2.75) is 64.2 Å². The summed E-state index contributed by atoms with van der Waals surface area (Å²) in [4.78, 5) is 58.9. The Bertz CT molecular complexity index is 464. The minimum absolute atomic E-state index is 0.0628. The second-order valence-corrected chi connectivity index (χ2v) is 5.72. The Hall–Kier alpha value is -3.26. The van der Waals surface area contributed by atoms with Crippen LogP contribution in [0.15, 0.2) is 0 Å². The molecule has 0 unspecified atom stereocenters. The average molecular weight is 472 g/mol. The summed E-state index contributed by atoms with van der Waals surface area (Å²) < 4.78 is 0. The molecule has 0 radical (unpaired) electrons. The van der Waals surface area contributed by atoms with E-state index >= 15 is 0 Å². The van der Waals surface area contributed by atoms with Crippen molar-refractivity contribution in [3.63, 3.8) is 0 Å². The fraction of sp³-hybridized carbons (Fsp3) is 0.667. The van der Waals surface area contributed by atoms with Crippen LogP contribution in [0, 0.1) is 0 Å². The van der Waals surface area contributed by atoms with Gasteiger partial charge in [-0.15, -0.1) is 0 Å². The SMILES string of the molecule is O=C(O)CCC(=O)O.O=C(O)CCCCC(=O)O.O=C(O)CCCCC(=O)O.OCCO. The molecule has 0 heterocycles. The van der Waals surface area contributed by atoms with Crippen molar-refractivity contribution >= 4 is 35.8 Å². The molecule has 0 atom stereocenters. The zero-order valence-electron chi connectivity index (χ0n) is 17.5. The minimum atomic E-state index is -1.08. The maximum atomic E-state index is 9.90. The van der Waals surface area contributed by atoms with Gasteiger partial charge in [-0.05, 0) is 25.7 Å². The molecule has 0 aliphatic carbocycles. The highest BCUT2D eigenvalue weighted by Crippen LogP contribution is 1.99. The van der Waals surface area contributed by atoms with E-state index in [4.69, 9.17) is 40.9 Å². The summed E-state index contributed by atoms with van der Waals surface area (Å²) in [6, 6.07) is 0. The smallest absolute Gasteiger partial charge is 0.303 e. The van der Waals surface area contributed by atoms with E-state index in [1.807, 2.05) is 0 Å². The molecule has 0 saturated heterocycles. The molecule has 0 spiro atoms. The molecule has 0 amide bonds. The maximum Gasteiger partial charge on any atom is 0.303 e. The molecule has 0 bridgehead atoms. The van der Waals surface area contributed by atoms with E-state index in [1.54, 1.807) is 0 Å². The number of carbonyl (C=O) groups is 6. The van der Waals surface area contributed by atoms with Crippen LogP contribution < -0.4 is 0 Å². The van der Waals surface area contributed by atoms with Crippen LogP contribution in [0.3, 0.4) is 0 Å². The van der Waals surface area contributed by atoms with Crippen LogP contribution in [0.2, 0.25) is 0 Å². The molecule has 14 nitrogen and oxygen atoms in total. The first-order valence-corrected chi connectivity index (χ1v) is 9.32. The summed E-state index contributed by atoms with van der Waals surface area (Å²) in [5.74, 6) is -5.63. The van der Waals surface area contributed by atoms with Crippen molar-refractivity contribution in [3.05, 3.63) is 0 Å². The number of aliphatic carboxylic acids is 6. The molecule has 32 heavy (non-hydrogen) atoms. The van der Waals surface area contributed by atoms with Gasteiger partial charge in [-0.25, -0.2) is 0 Å². The molecule has 0 aromatic carbocycles. The first-order valence-electron chi connectivity index (χ1n) is 9.32. The van der Waals surface area contributed by atoms with E-state index in [9.17, 15) is 28.8 Å². The molecule has 14 heteroatoms. The van der Waals surface area contributed by atoms with Crippen molar-refractivity contribution in [2.24, 2.45) is 0 Å². The summed E-state index contributed by atoms with van der Waals surface area (Å²) in [5, 5.41) is 63.6. The normalized spacial score (nSPS) is 8.81. The van der Waals surface area contributed by atoms with Gasteiger partial charge in [0.05, 0.1) is 26.1 Å². The third-order valence-corrected chi connectivity index (χ3v) is 2.72. The molecular formula is C18H32O14. The first kappa shape index (κ1) is 36.1. The van der Waals surface area contributed by atoms with Gasteiger partial charge in [-0.1, -0.05) is 0 Å². The highest BCUT2D eigenvalue weighted by atomic mass is 16.4. The summed E-state index contributed by atoms with van der Waals surface area (Å²) in [5.41, 5.74) is 0. The monoisotopic (exact) mass is 472 g/mol. The minimum Gasteiger partial charge on any atom is -0.481 e. The van der Waals surface area contributed by atoms with Crippen LogP contribution in [0.5, 0.6) is 0 Å².